The lowest BCUT2D eigenvalue weighted by Gasteiger charge is -2.20. The second kappa shape index (κ2) is 16.9. The van der Waals surface area contributed by atoms with Crippen LogP contribution in [0.15, 0.2) is 109 Å². The lowest BCUT2D eigenvalue weighted by atomic mass is 9.97. The zero-order valence-electron chi connectivity index (χ0n) is 27.9. The molecule has 0 aliphatic rings. The molecule has 0 spiro atoms. The predicted molar refractivity (Wildman–Crippen MR) is 185 cm³/mol. The summed E-state index contributed by atoms with van der Waals surface area (Å²) in [6.45, 7) is 2.17. The van der Waals surface area contributed by atoms with Gasteiger partial charge in [0, 0.05) is 5.56 Å². The van der Waals surface area contributed by atoms with E-state index in [2.05, 4.69) is 6.92 Å². The number of ether oxygens (including phenoxy) is 1. The fourth-order valence-electron chi connectivity index (χ4n) is 5.91. The molecule has 5 aromatic carbocycles. The van der Waals surface area contributed by atoms with Crippen molar-refractivity contribution in [1.82, 2.24) is 0 Å². The highest BCUT2D eigenvalue weighted by Crippen LogP contribution is 2.38. The minimum absolute atomic E-state index is 0.0401. The second-order valence-corrected chi connectivity index (χ2v) is 12.4. The van der Waals surface area contributed by atoms with Crippen LogP contribution >= 0.6 is 0 Å². The summed E-state index contributed by atoms with van der Waals surface area (Å²) >= 11 is 0. The number of hydrogen-bond acceptors (Lipinski definition) is 1. The highest BCUT2D eigenvalue weighted by Gasteiger charge is 2.41. The van der Waals surface area contributed by atoms with Crippen LogP contribution in [-0.2, 0) is 19.0 Å². The summed E-state index contributed by atoms with van der Waals surface area (Å²) in [5, 5.41) is 0. The zero-order chi connectivity index (χ0) is 36.5. The Labute approximate surface area is 292 Å². The molecule has 5 rings (SSSR count). The van der Waals surface area contributed by atoms with Crippen molar-refractivity contribution < 1.29 is 39.9 Å². The molecule has 0 atom stereocenters. The van der Waals surface area contributed by atoms with E-state index >= 15 is 22.0 Å². The highest BCUT2D eigenvalue weighted by atomic mass is 19.3. The molecule has 0 heterocycles. The molecule has 5 aromatic rings. The lowest BCUT2D eigenvalue weighted by Crippen LogP contribution is -2.25. The molecule has 0 unspecified atom stereocenters. The Morgan fingerprint density at radius 1 is 0.588 bits per heavy atom. The molecule has 0 aliphatic carbocycles. The van der Waals surface area contributed by atoms with E-state index in [9.17, 15) is 13.2 Å². The van der Waals surface area contributed by atoms with Gasteiger partial charge in [-0.1, -0.05) is 93.3 Å². The second-order valence-electron chi connectivity index (χ2n) is 12.4. The maximum atomic E-state index is 15.3. The van der Waals surface area contributed by atoms with Gasteiger partial charge in [-0.15, -0.1) is 0 Å². The Balaban J connectivity index is 1.26. The zero-order valence-corrected chi connectivity index (χ0v) is 27.9. The van der Waals surface area contributed by atoms with Gasteiger partial charge in [0.05, 0.1) is 0 Å². The third-order valence-corrected chi connectivity index (χ3v) is 8.67. The third-order valence-electron chi connectivity index (χ3n) is 8.67. The topological polar surface area (TPSA) is 9.23 Å². The maximum absolute atomic E-state index is 15.3. The lowest BCUT2D eigenvalue weighted by molar-refractivity contribution is -0.189. The Bertz CT molecular complexity index is 1940. The normalized spacial score (nSPS) is 11.5. The first-order chi connectivity index (χ1) is 24.4. The molecule has 0 N–H and O–H groups in total. The molecule has 0 bridgehead atoms. The fraction of sp³-hybridized carbons (Fsp3) is 0.238. The SMILES string of the molecule is CCCCCCCc1ccc(-c2ccc(-c3cc(F)c(C(F)(F)Oc4ccc(-c5ccc(CCC=C(F)F)c(F)c5)cc4)c(F)c3)c(F)c2)cc1. The van der Waals surface area contributed by atoms with Crippen LogP contribution < -0.4 is 4.74 Å². The van der Waals surface area contributed by atoms with Gasteiger partial charge in [-0.05, 0) is 107 Å². The Kier molecular flexibility index (Phi) is 12.3. The fourth-order valence-corrected chi connectivity index (χ4v) is 5.91. The Morgan fingerprint density at radius 2 is 1.14 bits per heavy atom. The van der Waals surface area contributed by atoms with Crippen molar-refractivity contribution in [2.24, 2.45) is 0 Å². The van der Waals surface area contributed by atoms with E-state index in [0.717, 1.165) is 30.5 Å². The van der Waals surface area contributed by atoms with Gasteiger partial charge in [0.1, 0.15) is 34.6 Å². The van der Waals surface area contributed by atoms with E-state index in [4.69, 9.17) is 4.74 Å². The van der Waals surface area contributed by atoms with Crippen molar-refractivity contribution in [3.8, 4) is 39.1 Å². The monoisotopic (exact) mass is 708 g/mol. The smallest absolute Gasteiger partial charge is 0.429 e. The van der Waals surface area contributed by atoms with Crippen LogP contribution in [0.25, 0.3) is 33.4 Å². The number of hydrogen-bond donors (Lipinski definition) is 0. The van der Waals surface area contributed by atoms with Gasteiger partial charge in [0.2, 0.25) is 0 Å². The summed E-state index contributed by atoms with van der Waals surface area (Å²) in [4.78, 5) is 0. The van der Waals surface area contributed by atoms with E-state index in [1.54, 1.807) is 12.1 Å². The number of alkyl halides is 2. The molecule has 51 heavy (non-hydrogen) atoms. The number of aryl methyl sites for hydroxylation is 2. The Morgan fingerprint density at radius 3 is 1.73 bits per heavy atom. The van der Waals surface area contributed by atoms with E-state index < -0.39 is 46.8 Å². The van der Waals surface area contributed by atoms with Crippen molar-refractivity contribution in [1.29, 1.82) is 0 Å². The average molecular weight is 709 g/mol. The average Bonchev–Trinajstić information content (AvgIpc) is 3.08. The van der Waals surface area contributed by atoms with E-state index in [1.165, 1.54) is 67.6 Å². The van der Waals surface area contributed by atoms with Crippen molar-refractivity contribution in [3.63, 3.8) is 0 Å². The number of unbranched alkanes of at least 4 members (excludes halogenated alkanes) is 4. The van der Waals surface area contributed by atoms with Gasteiger partial charge < -0.3 is 4.74 Å². The molecule has 0 aliphatic heterocycles. The molecule has 0 saturated heterocycles. The Hall–Kier alpha value is -4.92. The van der Waals surface area contributed by atoms with Gasteiger partial charge in [-0.25, -0.2) is 17.6 Å². The van der Waals surface area contributed by atoms with Gasteiger partial charge in [0.25, 0.3) is 6.08 Å². The van der Waals surface area contributed by atoms with Gasteiger partial charge in [0.15, 0.2) is 0 Å². The van der Waals surface area contributed by atoms with E-state index in [-0.39, 0.29) is 29.5 Å². The summed E-state index contributed by atoms with van der Waals surface area (Å²) in [6.07, 6.45) is 1.26. The largest absolute Gasteiger partial charge is 0.432 e. The van der Waals surface area contributed by atoms with Crippen molar-refractivity contribution in [2.45, 2.75) is 64.4 Å². The summed E-state index contributed by atoms with van der Waals surface area (Å²) in [5.41, 5.74) is 1.46. The molecule has 0 saturated carbocycles. The van der Waals surface area contributed by atoms with Crippen LogP contribution in [0.3, 0.4) is 0 Å². The van der Waals surface area contributed by atoms with Crippen LogP contribution in [0.1, 0.15) is 62.1 Å². The number of halogens is 8. The first-order valence-electron chi connectivity index (χ1n) is 16.8. The summed E-state index contributed by atoms with van der Waals surface area (Å²) < 4.78 is 120. The first kappa shape index (κ1) is 37.3. The van der Waals surface area contributed by atoms with Crippen molar-refractivity contribution >= 4 is 0 Å². The molecule has 266 valence electrons. The van der Waals surface area contributed by atoms with Crippen LogP contribution in [0.2, 0.25) is 0 Å². The molecule has 0 amide bonds. The van der Waals surface area contributed by atoms with E-state index in [0.29, 0.717) is 34.9 Å². The number of allylic oxidation sites excluding steroid dienone is 1. The molecule has 9 heteroatoms. The van der Waals surface area contributed by atoms with Gasteiger partial charge >= 0.3 is 6.11 Å². The maximum Gasteiger partial charge on any atom is 0.432 e. The minimum Gasteiger partial charge on any atom is -0.429 e. The van der Waals surface area contributed by atoms with Crippen LogP contribution in [0, 0.1) is 23.3 Å². The molecular formula is C42H36F8O. The van der Waals surface area contributed by atoms with E-state index in [1.807, 2.05) is 24.3 Å². The van der Waals surface area contributed by atoms with Crippen LogP contribution in [0.5, 0.6) is 5.75 Å². The van der Waals surface area contributed by atoms with Gasteiger partial charge in [-0.3, -0.25) is 0 Å². The quantitative estimate of drug-likeness (QED) is 0.0777. The summed E-state index contributed by atoms with van der Waals surface area (Å²) in [6, 6.07) is 22.4. The molecule has 0 radical (unpaired) electrons. The van der Waals surface area contributed by atoms with Crippen molar-refractivity contribution in [2.75, 3.05) is 0 Å². The molecule has 0 aromatic heterocycles. The molecular weight excluding hydrogens is 672 g/mol. The highest BCUT2D eigenvalue weighted by molar-refractivity contribution is 5.71. The number of benzene rings is 5. The predicted octanol–water partition coefficient (Wildman–Crippen LogP) is 13.6. The standard InChI is InChI=1S/C42H36F8O/c1-2-3-4-5-6-8-27-11-13-28(14-12-27)32-19-22-35(37(44)24-32)33-25-38(45)41(39(46)26-33)42(49,50)51-34-20-17-29(18-21-34)31-16-15-30(36(43)23-31)9-7-10-40(47)48/h10-26H,2-9H2,1H3. The number of rotatable bonds is 15. The van der Waals surface area contributed by atoms with Crippen LogP contribution in [-0.4, -0.2) is 0 Å². The summed E-state index contributed by atoms with van der Waals surface area (Å²) in [7, 11) is 0. The van der Waals surface area contributed by atoms with Gasteiger partial charge in [-0.2, -0.15) is 17.6 Å². The summed E-state index contributed by atoms with van der Waals surface area (Å²) in [5.74, 6) is -5.07. The first-order valence-corrected chi connectivity index (χ1v) is 16.8. The third kappa shape index (κ3) is 9.66. The van der Waals surface area contributed by atoms with Crippen molar-refractivity contribution in [3.05, 3.63) is 149 Å². The minimum atomic E-state index is -4.44. The molecule has 0 fully saturated rings. The van der Waals surface area contributed by atoms with Crippen LogP contribution in [0.4, 0.5) is 35.1 Å². The molecule has 1 nitrogen and oxygen atoms in total.